The number of fused-ring (bicyclic) bond motifs is 1. The molecule has 3 nitrogen and oxygen atoms in total. The van der Waals surface area contributed by atoms with Crippen molar-refractivity contribution in [3.8, 4) is 0 Å². The van der Waals surface area contributed by atoms with E-state index in [4.69, 9.17) is 10.7 Å². The monoisotopic (exact) mass is 251 g/mol. The van der Waals surface area contributed by atoms with Crippen LogP contribution in [0.1, 0.15) is 11.1 Å². The van der Waals surface area contributed by atoms with Crippen LogP contribution < -0.4 is 11.1 Å². The number of rotatable bonds is 2. The second-order valence-corrected chi connectivity index (χ2v) is 4.68. The molecule has 1 aliphatic heterocycles. The van der Waals surface area contributed by atoms with E-state index in [2.05, 4.69) is 29.6 Å². The van der Waals surface area contributed by atoms with Crippen molar-refractivity contribution in [1.29, 1.82) is 0 Å². The molecule has 0 amide bonds. The van der Waals surface area contributed by atoms with Crippen molar-refractivity contribution in [2.24, 2.45) is 10.7 Å². The Morgan fingerprint density at radius 3 is 2.58 bits per heavy atom. The maximum absolute atomic E-state index is 5.78. The van der Waals surface area contributed by atoms with Gasteiger partial charge < -0.3 is 11.1 Å². The van der Waals surface area contributed by atoms with Crippen LogP contribution in [0.15, 0.2) is 59.6 Å². The fourth-order valence-electron chi connectivity index (χ4n) is 2.34. The Kier molecular flexibility index (Phi) is 3.29. The first kappa shape index (κ1) is 11.9. The van der Waals surface area contributed by atoms with E-state index in [-0.39, 0.29) is 6.04 Å². The SMILES string of the molecule is NCC1CN=C(c2ccccc2)c2ccccc2N1. The van der Waals surface area contributed by atoms with Gasteiger partial charge in [-0.1, -0.05) is 48.5 Å². The third-order valence-electron chi connectivity index (χ3n) is 3.34. The third kappa shape index (κ3) is 2.37. The minimum atomic E-state index is 0.197. The van der Waals surface area contributed by atoms with E-state index in [0.29, 0.717) is 13.1 Å². The highest BCUT2D eigenvalue weighted by atomic mass is 15.0. The van der Waals surface area contributed by atoms with Gasteiger partial charge in [-0.05, 0) is 6.07 Å². The first-order chi connectivity index (χ1) is 9.38. The van der Waals surface area contributed by atoms with Crippen LogP contribution in [0.5, 0.6) is 0 Å². The summed E-state index contributed by atoms with van der Waals surface area (Å²) in [4.78, 5) is 4.76. The summed E-state index contributed by atoms with van der Waals surface area (Å²) < 4.78 is 0. The summed E-state index contributed by atoms with van der Waals surface area (Å²) in [7, 11) is 0. The maximum atomic E-state index is 5.78. The van der Waals surface area contributed by atoms with Crippen molar-refractivity contribution >= 4 is 11.4 Å². The lowest BCUT2D eigenvalue weighted by Crippen LogP contribution is -2.31. The lowest BCUT2D eigenvalue weighted by molar-refractivity contribution is 0.743. The molecule has 96 valence electrons. The summed E-state index contributed by atoms with van der Waals surface area (Å²) in [6.45, 7) is 1.29. The molecule has 0 saturated carbocycles. The van der Waals surface area contributed by atoms with Gasteiger partial charge >= 0.3 is 0 Å². The lowest BCUT2D eigenvalue weighted by Gasteiger charge is -2.15. The van der Waals surface area contributed by atoms with Crippen LogP contribution in [0.25, 0.3) is 0 Å². The molecule has 2 aromatic carbocycles. The van der Waals surface area contributed by atoms with Crippen molar-refractivity contribution in [3.05, 3.63) is 65.7 Å². The first-order valence-electron chi connectivity index (χ1n) is 6.54. The third-order valence-corrected chi connectivity index (χ3v) is 3.34. The van der Waals surface area contributed by atoms with Crippen LogP contribution in [-0.4, -0.2) is 24.8 Å². The van der Waals surface area contributed by atoms with Crippen molar-refractivity contribution in [1.82, 2.24) is 0 Å². The Balaban J connectivity index is 2.11. The Morgan fingerprint density at radius 2 is 1.79 bits per heavy atom. The van der Waals surface area contributed by atoms with Crippen LogP contribution in [0.4, 0.5) is 5.69 Å². The Labute approximate surface area is 113 Å². The molecule has 0 aliphatic carbocycles. The average molecular weight is 251 g/mol. The molecule has 1 heterocycles. The zero-order chi connectivity index (χ0) is 13.1. The summed E-state index contributed by atoms with van der Waals surface area (Å²) >= 11 is 0. The standard InChI is InChI=1S/C16H17N3/c17-10-13-11-18-16(12-6-2-1-3-7-12)14-8-4-5-9-15(14)19-13/h1-9,13,19H,10-11,17H2. The van der Waals surface area contributed by atoms with Gasteiger partial charge in [0.25, 0.3) is 0 Å². The molecule has 19 heavy (non-hydrogen) atoms. The molecule has 1 atom stereocenters. The van der Waals surface area contributed by atoms with E-state index < -0.39 is 0 Å². The molecule has 0 aromatic heterocycles. The molecular formula is C16H17N3. The van der Waals surface area contributed by atoms with Gasteiger partial charge in [0.2, 0.25) is 0 Å². The molecule has 0 spiro atoms. The fourth-order valence-corrected chi connectivity index (χ4v) is 2.34. The molecule has 0 radical (unpaired) electrons. The predicted molar refractivity (Wildman–Crippen MR) is 79.9 cm³/mol. The smallest absolute Gasteiger partial charge is 0.0740 e. The van der Waals surface area contributed by atoms with Crippen LogP contribution in [-0.2, 0) is 0 Å². The quantitative estimate of drug-likeness (QED) is 0.860. The van der Waals surface area contributed by atoms with E-state index >= 15 is 0 Å². The first-order valence-corrected chi connectivity index (χ1v) is 6.54. The number of nitrogens with two attached hydrogens (primary N) is 1. The van der Waals surface area contributed by atoms with E-state index in [1.54, 1.807) is 0 Å². The van der Waals surface area contributed by atoms with E-state index in [9.17, 15) is 0 Å². The van der Waals surface area contributed by atoms with E-state index in [0.717, 1.165) is 22.5 Å². The molecule has 3 rings (SSSR count). The maximum Gasteiger partial charge on any atom is 0.0740 e. The lowest BCUT2D eigenvalue weighted by atomic mass is 10.0. The van der Waals surface area contributed by atoms with Crippen LogP contribution in [0.3, 0.4) is 0 Å². The van der Waals surface area contributed by atoms with Gasteiger partial charge in [-0.2, -0.15) is 0 Å². The van der Waals surface area contributed by atoms with Gasteiger partial charge in [-0.3, -0.25) is 4.99 Å². The highest BCUT2D eigenvalue weighted by Gasteiger charge is 2.17. The average Bonchev–Trinajstić information content (AvgIpc) is 2.67. The van der Waals surface area contributed by atoms with Gasteiger partial charge in [-0.25, -0.2) is 0 Å². The number of para-hydroxylation sites is 1. The molecule has 3 heteroatoms. The van der Waals surface area contributed by atoms with E-state index in [1.807, 2.05) is 30.3 Å². The number of benzene rings is 2. The normalized spacial score (nSPS) is 17.9. The summed E-state index contributed by atoms with van der Waals surface area (Å²) in [5, 5.41) is 3.47. The van der Waals surface area contributed by atoms with Gasteiger partial charge in [0.1, 0.15) is 0 Å². The minimum absolute atomic E-state index is 0.197. The zero-order valence-electron chi connectivity index (χ0n) is 10.7. The number of hydrogen-bond donors (Lipinski definition) is 2. The second-order valence-electron chi connectivity index (χ2n) is 4.68. The van der Waals surface area contributed by atoms with Gasteiger partial charge in [-0.15, -0.1) is 0 Å². The van der Waals surface area contributed by atoms with Crippen molar-refractivity contribution in [2.45, 2.75) is 6.04 Å². The highest BCUT2D eigenvalue weighted by molar-refractivity contribution is 6.16. The topological polar surface area (TPSA) is 50.4 Å². The Morgan fingerprint density at radius 1 is 1.05 bits per heavy atom. The minimum Gasteiger partial charge on any atom is -0.379 e. The molecule has 0 saturated heterocycles. The summed E-state index contributed by atoms with van der Waals surface area (Å²) in [6.07, 6.45) is 0. The molecule has 0 bridgehead atoms. The molecule has 1 aliphatic rings. The van der Waals surface area contributed by atoms with Crippen LogP contribution >= 0.6 is 0 Å². The molecule has 3 N–H and O–H groups in total. The highest BCUT2D eigenvalue weighted by Crippen LogP contribution is 2.23. The van der Waals surface area contributed by atoms with Crippen molar-refractivity contribution in [3.63, 3.8) is 0 Å². The van der Waals surface area contributed by atoms with Crippen LogP contribution in [0, 0.1) is 0 Å². The largest absolute Gasteiger partial charge is 0.379 e. The summed E-state index contributed by atoms with van der Waals surface area (Å²) in [5.74, 6) is 0. The molecule has 0 fully saturated rings. The summed E-state index contributed by atoms with van der Waals surface area (Å²) in [6, 6.07) is 18.8. The molecule has 1 unspecified atom stereocenters. The number of nitrogens with zero attached hydrogens (tertiary/aromatic N) is 1. The molecule has 2 aromatic rings. The number of anilines is 1. The number of hydrogen-bond acceptors (Lipinski definition) is 3. The number of aliphatic imine (C=N–C) groups is 1. The zero-order valence-corrected chi connectivity index (χ0v) is 10.7. The summed E-state index contributed by atoms with van der Waals surface area (Å²) in [5.41, 5.74) is 10.2. The molecular weight excluding hydrogens is 234 g/mol. The Bertz CT molecular complexity index is 590. The number of benzodiazepines with no additional fused rings is 1. The van der Waals surface area contributed by atoms with Gasteiger partial charge in [0.15, 0.2) is 0 Å². The fraction of sp³-hybridized carbons (Fsp3) is 0.188. The van der Waals surface area contributed by atoms with Gasteiger partial charge in [0, 0.05) is 23.4 Å². The van der Waals surface area contributed by atoms with E-state index in [1.165, 1.54) is 0 Å². The van der Waals surface area contributed by atoms with Gasteiger partial charge in [0.05, 0.1) is 18.3 Å². The second kappa shape index (κ2) is 5.24. The van der Waals surface area contributed by atoms with Crippen molar-refractivity contribution in [2.75, 3.05) is 18.4 Å². The number of nitrogens with one attached hydrogen (secondary N) is 1. The predicted octanol–water partition coefficient (Wildman–Crippen LogP) is 2.28. The van der Waals surface area contributed by atoms with Crippen LogP contribution in [0.2, 0.25) is 0 Å². The Hall–Kier alpha value is -2.13. The van der Waals surface area contributed by atoms with Crippen molar-refractivity contribution < 1.29 is 0 Å².